The van der Waals surface area contributed by atoms with E-state index in [1.165, 1.54) is 24.0 Å². The third kappa shape index (κ3) is 3.81. The van der Waals surface area contributed by atoms with Crippen LogP contribution in [0, 0.1) is 5.92 Å². The predicted octanol–water partition coefficient (Wildman–Crippen LogP) is 3.27. The fraction of sp³-hybridized carbons (Fsp3) is 0.364. The number of pyridine rings is 1. The lowest BCUT2D eigenvalue weighted by Crippen LogP contribution is -2.43. The van der Waals surface area contributed by atoms with Gasteiger partial charge in [-0.1, -0.05) is 32.0 Å². The topological polar surface area (TPSA) is 79.8 Å². The molecule has 0 fully saturated rings. The van der Waals surface area contributed by atoms with Gasteiger partial charge in [-0.25, -0.2) is 9.97 Å². The first-order valence-electron chi connectivity index (χ1n) is 9.82. The number of rotatable bonds is 6. The molecule has 1 aromatic carbocycles. The molecule has 1 aliphatic rings. The van der Waals surface area contributed by atoms with Gasteiger partial charge < -0.3 is 10.6 Å². The van der Waals surface area contributed by atoms with Crippen LogP contribution in [0.15, 0.2) is 42.9 Å². The number of hydrogen-bond donors (Lipinski definition) is 2. The smallest absolute Gasteiger partial charge is 0.243 e. The first-order valence-corrected chi connectivity index (χ1v) is 9.82. The second-order valence-electron chi connectivity index (χ2n) is 7.63. The van der Waals surface area contributed by atoms with E-state index in [9.17, 15) is 4.79 Å². The molecule has 2 heterocycles. The minimum Gasteiger partial charge on any atom is -0.358 e. The zero-order chi connectivity index (χ0) is 19.5. The van der Waals surface area contributed by atoms with Gasteiger partial charge in [0.25, 0.3) is 0 Å². The number of carbonyl (C=O) groups is 1. The van der Waals surface area contributed by atoms with E-state index in [0.717, 1.165) is 29.3 Å². The van der Waals surface area contributed by atoms with E-state index in [-0.39, 0.29) is 17.9 Å². The summed E-state index contributed by atoms with van der Waals surface area (Å²) < 4.78 is 0. The molecule has 6 heteroatoms. The van der Waals surface area contributed by atoms with Gasteiger partial charge >= 0.3 is 0 Å². The second-order valence-corrected chi connectivity index (χ2v) is 7.63. The number of aryl methyl sites for hydroxylation is 2. The quantitative estimate of drug-likeness (QED) is 0.691. The molecular weight excluding hydrogens is 350 g/mol. The fourth-order valence-corrected chi connectivity index (χ4v) is 3.67. The fourth-order valence-electron chi connectivity index (χ4n) is 3.67. The van der Waals surface area contributed by atoms with E-state index in [1.807, 2.05) is 44.3 Å². The number of hydrogen-bond acceptors (Lipinski definition) is 5. The number of carbonyl (C=O) groups excluding carboxylic acids is 1. The number of para-hydroxylation sites is 1. The van der Waals surface area contributed by atoms with E-state index < -0.39 is 0 Å². The summed E-state index contributed by atoms with van der Waals surface area (Å²) >= 11 is 0. The zero-order valence-electron chi connectivity index (χ0n) is 16.3. The molecular formula is C22H25N5O. The summed E-state index contributed by atoms with van der Waals surface area (Å²) in [6.07, 6.45) is 6.72. The highest BCUT2D eigenvalue weighted by molar-refractivity contribution is 5.92. The number of fused-ring (bicyclic) bond motifs is 2. The Morgan fingerprint density at radius 2 is 2.00 bits per heavy atom. The van der Waals surface area contributed by atoms with Crippen LogP contribution in [0.1, 0.15) is 37.1 Å². The highest BCUT2D eigenvalue weighted by atomic mass is 16.2. The Balaban J connectivity index is 1.47. The summed E-state index contributed by atoms with van der Waals surface area (Å²) in [7, 11) is 0. The molecule has 6 nitrogen and oxygen atoms in total. The lowest BCUT2D eigenvalue weighted by Gasteiger charge is -2.23. The van der Waals surface area contributed by atoms with E-state index in [0.29, 0.717) is 12.4 Å². The Morgan fingerprint density at radius 1 is 1.14 bits per heavy atom. The zero-order valence-corrected chi connectivity index (χ0v) is 16.3. The lowest BCUT2D eigenvalue weighted by molar-refractivity contribution is -0.122. The number of nitrogens with zero attached hydrogens (tertiary/aromatic N) is 3. The second kappa shape index (κ2) is 7.92. The van der Waals surface area contributed by atoms with Crippen molar-refractivity contribution in [3.8, 4) is 0 Å². The minimum atomic E-state index is -0.388. The van der Waals surface area contributed by atoms with Gasteiger partial charge in [0, 0.05) is 23.8 Å². The van der Waals surface area contributed by atoms with Gasteiger partial charge in [0.05, 0.1) is 5.52 Å². The van der Waals surface area contributed by atoms with Crippen LogP contribution in [0.2, 0.25) is 0 Å². The standard InChI is InChI=1S/C22H25N5O/c1-14(2)20(27-21-17-7-3-4-8-19(17)25-13-26-21)22(28)24-12-15-10-16-6-5-9-18(16)23-11-15/h3-4,7-8,10-11,13-14,20H,5-6,9,12H2,1-2H3,(H,24,28)(H,25,26,27). The van der Waals surface area contributed by atoms with Gasteiger partial charge in [-0.15, -0.1) is 0 Å². The highest BCUT2D eigenvalue weighted by Crippen LogP contribution is 2.22. The first kappa shape index (κ1) is 18.3. The van der Waals surface area contributed by atoms with Crippen molar-refractivity contribution in [1.29, 1.82) is 0 Å². The SMILES string of the molecule is CC(C)C(Nc1ncnc2ccccc12)C(=O)NCc1cnc2c(c1)CCC2. The number of nitrogens with one attached hydrogen (secondary N) is 2. The Morgan fingerprint density at radius 3 is 2.86 bits per heavy atom. The van der Waals surface area contributed by atoms with Crippen molar-refractivity contribution in [2.45, 2.75) is 45.7 Å². The number of benzene rings is 1. The largest absolute Gasteiger partial charge is 0.358 e. The van der Waals surface area contributed by atoms with Crippen LogP contribution >= 0.6 is 0 Å². The first-order chi connectivity index (χ1) is 13.6. The molecule has 28 heavy (non-hydrogen) atoms. The van der Waals surface area contributed by atoms with Crippen LogP contribution < -0.4 is 10.6 Å². The van der Waals surface area contributed by atoms with Crippen molar-refractivity contribution < 1.29 is 4.79 Å². The average Bonchev–Trinajstić information content (AvgIpc) is 3.18. The maximum Gasteiger partial charge on any atom is 0.243 e. The summed E-state index contributed by atoms with van der Waals surface area (Å²) in [4.78, 5) is 26.1. The summed E-state index contributed by atoms with van der Waals surface area (Å²) in [6, 6.07) is 9.57. The Kier molecular flexibility index (Phi) is 5.19. The van der Waals surface area contributed by atoms with Gasteiger partial charge in [0.2, 0.25) is 5.91 Å². The molecule has 0 saturated carbocycles. The van der Waals surface area contributed by atoms with Gasteiger partial charge in [-0.3, -0.25) is 9.78 Å². The molecule has 3 aromatic rings. The number of anilines is 1. The maximum absolute atomic E-state index is 12.9. The molecule has 2 aromatic heterocycles. The van der Waals surface area contributed by atoms with Crippen molar-refractivity contribution in [1.82, 2.24) is 20.3 Å². The van der Waals surface area contributed by atoms with Crippen LogP contribution in [0.3, 0.4) is 0 Å². The van der Waals surface area contributed by atoms with E-state index in [1.54, 1.807) is 0 Å². The Labute approximate surface area is 164 Å². The van der Waals surface area contributed by atoms with Crippen molar-refractivity contribution in [2.75, 3.05) is 5.32 Å². The normalized spacial score (nSPS) is 14.1. The van der Waals surface area contributed by atoms with E-state index >= 15 is 0 Å². The Hall–Kier alpha value is -3.02. The van der Waals surface area contributed by atoms with Crippen LogP contribution in [-0.2, 0) is 24.2 Å². The maximum atomic E-state index is 12.9. The summed E-state index contributed by atoms with van der Waals surface area (Å²) in [6.45, 7) is 4.53. The van der Waals surface area contributed by atoms with Crippen LogP contribution in [-0.4, -0.2) is 26.9 Å². The number of aromatic nitrogens is 3. The van der Waals surface area contributed by atoms with Gasteiger partial charge in [-0.2, -0.15) is 0 Å². The van der Waals surface area contributed by atoms with Gasteiger partial charge in [0.15, 0.2) is 0 Å². The lowest BCUT2D eigenvalue weighted by atomic mass is 10.0. The molecule has 4 rings (SSSR count). The Bertz CT molecular complexity index is 996. The molecule has 1 amide bonds. The minimum absolute atomic E-state index is 0.0433. The molecule has 2 N–H and O–H groups in total. The van der Waals surface area contributed by atoms with E-state index in [4.69, 9.17) is 0 Å². The molecule has 144 valence electrons. The predicted molar refractivity (Wildman–Crippen MR) is 110 cm³/mol. The van der Waals surface area contributed by atoms with Crippen molar-refractivity contribution in [2.24, 2.45) is 5.92 Å². The molecule has 0 spiro atoms. The van der Waals surface area contributed by atoms with E-state index in [2.05, 4.69) is 31.7 Å². The number of amides is 1. The molecule has 0 saturated heterocycles. The monoisotopic (exact) mass is 375 g/mol. The van der Waals surface area contributed by atoms with Crippen LogP contribution in [0.25, 0.3) is 10.9 Å². The summed E-state index contributed by atoms with van der Waals surface area (Å²) in [5, 5.41) is 7.28. The third-order valence-electron chi connectivity index (χ3n) is 5.23. The molecule has 1 atom stereocenters. The summed E-state index contributed by atoms with van der Waals surface area (Å²) in [5.74, 6) is 0.740. The van der Waals surface area contributed by atoms with Crippen molar-refractivity contribution >= 4 is 22.6 Å². The summed E-state index contributed by atoms with van der Waals surface area (Å²) in [5.41, 5.74) is 4.42. The highest BCUT2D eigenvalue weighted by Gasteiger charge is 2.23. The van der Waals surface area contributed by atoms with Gasteiger partial charge in [-0.05, 0) is 48.4 Å². The molecule has 1 unspecified atom stereocenters. The van der Waals surface area contributed by atoms with Crippen LogP contribution in [0.4, 0.5) is 5.82 Å². The van der Waals surface area contributed by atoms with Crippen molar-refractivity contribution in [3.05, 3.63) is 59.7 Å². The van der Waals surface area contributed by atoms with Crippen LogP contribution in [0.5, 0.6) is 0 Å². The van der Waals surface area contributed by atoms with Gasteiger partial charge in [0.1, 0.15) is 18.2 Å². The molecule has 0 bridgehead atoms. The molecule has 0 radical (unpaired) electrons. The molecule has 1 aliphatic carbocycles. The molecule has 0 aliphatic heterocycles. The third-order valence-corrected chi connectivity index (χ3v) is 5.23. The average molecular weight is 375 g/mol. The van der Waals surface area contributed by atoms with Crippen molar-refractivity contribution in [3.63, 3.8) is 0 Å².